The van der Waals surface area contributed by atoms with Gasteiger partial charge in [0.2, 0.25) is 5.91 Å². The van der Waals surface area contributed by atoms with Gasteiger partial charge < -0.3 is 15.4 Å². The molecule has 0 fully saturated rings. The number of nitrogens with one attached hydrogen (secondary N) is 2. The van der Waals surface area contributed by atoms with Gasteiger partial charge in [-0.25, -0.2) is 0 Å². The minimum absolute atomic E-state index is 0.156. The van der Waals surface area contributed by atoms with Gasteiger partial charge in [-0.15, -0.1) is 0 Å². The molecular formula is C18H17N3O3. The summed E-state index contributed by atoms with van der Waals surface area (Å²) >= 11 is 0. The molecule has 2 aromatic carbocycles. The molecule has 0 heterocycles. The van der Waals surface area contributed by atoms with Crippen LogP contribution in [0.4, 0.5) is 11.4 Å². The number of ether oxygens (including phenoxy) is 1. The van der Waals surface area contributed by atoms with E-state index in [1.807, 2.05) is 6.07 Å². The maximum atomic E-state index is 12.2. The molecule has 122 valence electrons. The highest BCUT2D eigenvalue weighted by Crippen LogP contribution is 2.18. The summed E-state index contributed by atoms with van der Waals surface area (Å²) in [4.78, 5) is 23.1. The first kappa shape index (κ1) is 17.0. The predicted octanol–water partition coefficient (Wildman–Crippen LogP) is 2.92. The molecule has 0 aliphatic carbocycles. The third kappa shape index (κ3) is 4.85. The van der Waals surface area contributed by atoms with Crippen molar-refractivity contribution < 1.29 is 14.3 Å². The molecule has 24 heavy (non-hydrogen) atoms. The van der Waals surface area contributed by atoms with Crippen molar-refractivity contribution in [3.63, 3.8) is 0 Å². The summed E-state index contributed by atoms with van der Waals surface area (Å²) in [5.74, 6) is 0.0320. The Balaban J connectivity index is 1.95. The highest BCUT2D eigenvalue weighted by atomic mass is 16.5. The lowest BCUT2D eigenvalue weighted by Crippen LogP contribution is -2.30. The van der Waals surface area contributed by atoms with E-state index < -0.39 is 6.10 Å². The van der Waals surface area contributed by atoms with Crippen LogP contribution in [-0.2, 0) is 9.59 Å². The quantitative estimate of drug-likeness (QED) is 0.885. The van der Waals surface area contributed by atoms with Crippen LogP contribution in [0.5, 0.6) is 5.75 Å². The molecule has 2 amide bonds. The lowest BCUT2D eigenvalue weighted by molar-refractivity contribution is -0.122. The average Bonchev–Trinajstić information content (AvgIpc) is 2.56. The van der Waals surface area contributed by atoms with Crippen LogP contribution < -0.4 is 15.4 Å². The number of benzene rings is 2. The Morgan fingerprint density at radius 3 is 2.42 bits per heavy atom. The molecule has 2 N–H and O–H groups in total. The molecule has 0 aliphatic heterocycles. The number of carbonyl (C=O) groups is 2. The van der Waals surface area contributed by atoms with E-state index in [-0.39, 0.29) is 11.8 Å². The van der Waals surface area contributed by atoms with Crippen LogP contribution in [0.15, 0.2) is 48.5 Å². The van der Waals surface area contributed by atoms with E-state index in [1.165, 1.54) is 6.92 Å². The van der Waals surface area contributed by atoms with Crippen molar-refractivity contribution in [3.8, 4) is 11.8 Å². The molecule has 2 rings (SSSR count). The number of anilines is 2. The van der Waals surface area contributed by atoms with Gasteiger partial charge in [-0.3, -0.25) is 9.59 Å². The van der Waals surface area contributed by atoms with Crippen molar-refractivity contribution in [3.05, 3.63) is 54.1 Å². The Labute approximate surface area is 140 Å². The Morgan fingerprint density at radius 1 is 1.08 bits per heavy atom. The van der Waals surface area contributed by atoms with Gasteiger partial charge in [0.15, 0.2) is 6.10 Å². The summed E-state index contributed by atoms with van der Waals surface area (Å²) in [6.45, 7) is 3.06. The lowest BCUT2D eigenvalue weighted by Gasteiger charge is -2.15. The first-order chi connectivity index (χ1) is 11.5. The van der Waals surface area contributed by atoms with Crippen molar-refractivity contribution in [1.82, 2.24) is 0 Å². The van der Waals surface area contributed by atoms with E-state index in [2.05, 4.69) is 10.6 Å². The van der Waals surface area contributed by atoms with Gasteiger partial charge in [0, 0.05) is 18.3 Å². The van der Waals surface area contributed by atoms with Gasteiger partial charge in [0.05, 0.1) is 11.6 Å². The zero-order chi connectivity index (χ0) is 17.5. The zero-order valence-corrected chi connectivity index (χ0v) is 13.4. The third-order valence-corrected chi connectivity index (χ3v) is 3.12. The van der Waals surface area contributed by atoms with Crippen LogP contribution in [0, 0.1) is 11.3 Å². The second-order valence-corrected chi connectivity index (χ2v) is 5.15. The van der Waals surface area contributed by atoms with Crippen molar-refractivity contribution in [2.75, 3.05) is 10.6 Å². The molecule has 6 heteroatoms. The third-order valence-electron chi connectivity index (χ3n) is 3.12. The van der Waals surface area contributed by atoms with Crippen LogP contribution >= 0.6 is 0 Å². The van der Waals surface area contributed by atoms with Gasteiger partial charge in [0.1, 0.15) is 5.75 Å². The van der Waals surface area contributed by atoms with Gasteiger partial charge in [-0.2, -0.15) is 5.26 Å². The minimum atomic E-state index is -0.720. The van der Waals surface area contributed by atoms with Crippen LogP contribution in [0.3, 0.4) is 0 Å². The molecule has 1 atom stereocenters. The number of rotatable bonds is 5. The smallest absolute Gasteiger partial charge is 0.265 e. The molecule has 0 aliphatic rings. The molecule has 0 aromatic heterocycles. The van der Waals surface area contributed by atoms with Gasteiger partial charge >= 0.3 is 0 Å². The molecule has 0 bridgehead atoms. The van der Waals surface area contributed by atoms with E-state index in [1.54, 1.807) is 55.5 Å². The summed E-state index contributed by atoms with van der Waals surface area (Å²) in [7, 11) is 0. The minimum Gasteiger partial charge on any atom is -0.481 e. The molecule has 0 saturated carbocycles. The Morgan fingerprint density at radius 2 is 1.79 bits per heavy atom. The van der Waals surface area contributed by atoms with Crippen molar-refractivity contribution in [2.24, 2.45) is 0 Å². The number of nitriles is 1. The SMILES string of the molecule is CC(=O)Nc1ccc(OC(C)C(=O)Nc2cccc(C#N)c2)cc1. The van der Waals surface area contributed by atoms with Gasteiger partial charge in [-0.05, 0) is 49.4 Å². The first-order valence-corrected chi connectivity index (χ1v) is 7.33. The molecule has 6 nitrogen and oxygen atoms in total. The Kier molecular flexibility index (Phi) is 5.53. The van der Waals surface area contributed by atoms with E-state index >= 15 is 0 Å². The van der Waals surface area contributed by atoms with E-state index in [4.69, 9.17) is 10.00 Å². The zero-order valence-electron chi connectivity index (χ0n) is 13.4. The maximum Gasteiger partial charge on any atom is 0.265 e. The van der Waals surface area contributed by atoms with Crippen molar-refractivity contribution in [1.29, 1.82) is 5.26 Å². The Hall–Kier alpha value is -3.33. The average molecular weight is 323 g/mol. The molecule has 0 radical (unpaired) electrons. The maximum absolute atomic E-state index is 12.2. The normalized spacial score (nSPS) is 11.0. The van der Waals surface area contributed by atoms with Gasteiger partial charge in [0.25, 0.3) is 5.91 Å². The second kappa shape index (κ2) is 7.79. The van der Waals surface area contributed by atoms with Crippen LogP contribution in [0.1, 0.15) is 19.4 Å². The molecular weight excluding hydrogens is 306 g/mol. The summed E-state index contributed by atoms with van der Waals surface area (Å²) < 4.78 is 5.58. The van der Waals surface area contributed by atoms with E-state index in [9.17, 15) is 9.59 Å². The van der Waals surface area contributed by atoms with Crippen molar-refractivity contribution >= 4 is 23.2 Å². The fraction of sp³-hybridized carbons (Fsp3) is 0.167. The number of hydrogen-bond donors (Lipinski definition) is 2. The lowest BCUT2D eigenvalue weighted by atomic mass is 10.2. The van der Waals surface area contributed by atoms with E-state index in [0.717, 1.165) is 0 Å². The highest BCUT2D eigenvalue weighted by Gasteiger charge is 2.15. The largest absolute Gasteiger partial charge is 0.481 e. The van der Waals surface area contributed by atoms with Crippen LogP contribution in [-0.4, -0.2) is 17.9 Å². The molecule has 1 unspecified atom stereocenters. The summed E-state index contributed by atoms with van der Waals surface area (Å²) in [6, 6.07) is 15.4. The number of nitrogens with zero attached hydrogens (tertiary/aromatic N) is 1. The van der Waals surface area contributed by atoms with Crippen molar-refractivity contribution in [2.45, 2.75) is 20.0 Å². The predicted molar refractivity (Wildman–Crippen MR) is 90.6 cm³/mol. The number of amides is 2. The fourth-order valence-corrected chi connectivity index (χ4v) is 1.99. The van der Waals surface area contributed by atoms with E-state index in [0.29, 0.717) is 22.7 Å². The highest BCUT2D eigenvalue weighted by molar-refractivity contribution is 5.94. The first-order valence-electron chi connectivity index (χ1n) is 7.33. The molecule has 0 saturated heterocycles. The van der Waals surface area contributed by atoms with Gasteiger partial charge in [-0.1, -0.05) is 6.07 Å². The number of hydrogen-bond acceptors (Lipinski definition) is 4. The summed E-state index contributed by atoms with van der Waals surface area (Å²) in [5, 5.41) is 14.2. The topological polar surface area (TPSA) is 91.2 Å². The van der Waals surface area contributed by atoms with Crippen LogP contribution in [0.25, 0.3) is 0 Å². The molecule has 2 aromatic rings. The number of carbonyl (C=O) groups excluding carboxylic acids is 2. The monoisotopic (exact) mass is 323 g/mol. The summed E-state index contributed by atoms with van der Waals surface area (Å²) in [6.07, 6.45) is -0.720. The van der Waals surface area contributed by atoms with Crippen LogP contribution in [0.2, 0.25) is 0 Å². The molecule has 0 spiro atoms. The Bertz CT molecular complexity index is 779. The summed E-state index contributed by atoms with van der Waals surface area (Å²) in [5.41, 5.74) is 1.66. The fourth-order valence-electron chi connectivity index (χ4n) is 1.99. The second-order valence-electron chi connectivity index (χ2n) is 5.15. The standard InChI is InChI=1S/C18H17N3O3/c1-12(18(23)21-16-5-3-4-14(10-16)11-19)24-17-8-6-15(7-9-17)20-13(2)22/h3-10,12H,1-2H3,(H,20,22)(H,21,23).